The number of aliphatic carboxylic acids is 1. The van der Waals surface area contributed by atoms with Crippen LogP contribution in [0, 0.1) is 11.8 Å². The Balaban J connectivity index is 1.62. The van der Waals surface area contributed by atoms with Gasteiger partial charge < -0.3 is 9.84 Å². The summed E-state index contributed by atoms with van der Waals surface area (Å²) in [6, 6.07) is 22.0. The number of carbonyl (C=O) groups is 1. The third-order valence-corrected chi connectivity index (χ3v) is 7.05. The minimum absolute atomic E-state index is 0.0152. The molecule has 0 amide bonds. The Morgan fingerprint density at radius 2 is 1.58 bits per heavy atom. The Labute approximate surface area is 198 Å². The first-order valence-electron chi connectivity index (χ1n) is 10.0. The molecule has 0 aromatic heterocycles. The highest BCUT2D eigenvalue weighted by Gasteiger charge is 2.24. The van der Waals surface area contributed by atoms with E-state index in [1.807, 2.05) is 54.6 Å². The summed E-state index contributed by atoms with van der Waals surface area (Å²) in [5, 5.41) is 9.44. The van der Waals surface area contributed by atoms with Crippen LogP contribution in [0.2, 0.25) is 0 Å². The number of sulfonamides is 1. The first-order valence-corrected chi connectivity index (χ1v) is 12.5. The molecule has 0 aliphatic rings. The molecule has 3 aromatic carbocycles. The van der Waals surface area contributed by atoms with E-state index in [1.54, 1.807) is 19.2 Å². The van der Waals surface area contributed by atoms with Crippen molar-refractivity contribution in [2.45, 2.75) is 22.3 Å². The van der Waals surface area contributed by atoms with E-state index in [1.165, 1.54) is 23.9 Å². The fourth-order valence-electron chi connectivity index (χ4n) is 2.91. The van der Waals surface area contributed by atoms with Gasteiger partial charge in [-0.1, -0.05) is 48.4 Å². The molecule has 3 aromatic rings. The molecule has 1 unspecified atom stereocenters. The van der Waals surface area contributed by atoms with E-state index in [-0.39, 0.29) is 11.3 Å². The summed E-state index contributed by atoms with van der Waals surface area (Å²) in [5.41, 5.74) is 1.73. The van der Waals surface area contributed by atoms with Gasteiger partial charge in [0.1, 0.15) is 11.8 Å². The molecule has 0 fully saturated rings. The monoisotopic (exact) mass is 481 g/mol. The van der Waals surface area contributed by atoms with Gasteiger partial charge in [-0.15, -0.1) is 17.7 Å². The third-order valence-electron chi connectivity index (χ3n) is 4.67. The van der Waals surface area contributed by atoms with Gasteiger partial charge in [0.2, 0.25) is 10.0 Å². The molecule has 0 spiro atoms. The van der Waals surface area contributed by atoms with Crippen molar-refractivity contribution in [1.29, 1.82) is 0 Å². The molecule has 0 heterocycles. The maximum Gasteiger partial charge on any atom is 0.322 e. The van der Waals surface area contributed by atoms with E-state index in [9.17, 15) is 18.3 Å². The van der Waals surface area contributed by atoms with Crippen LogP contribution < -0.4 is 9.46 Å². The van der Waals surface area contributed by atoms with Crippen molar-refractivity contribution < 1.29 is 23.1 Å². The largest absolute Gasteiger partial charge is 0.497 e. The molecule has 0 saturated heterocycles. The predicted octanol–water partition coefficient (Wildman–Crippen LogP) is 4.28. The quantitative estimate of drug-likeness (QED) is 0.350. The molecule has 0 saturated carbocycles. The van der Waals surface area contributed by atoms with Crippen molar-refractivity contribution in [2.75, 3.05) is 12.9 Å². The summed E-state index contributed by atoms with van der Waals surface area (Å²) < 4.78 is 32.8. The molecule has 170 valence electrons. The minimum Gasteiger partial charge on any atom is -0.497 e. The zero-order chi connectivity index (χ0) is 23.7. The fourth-order valence-corrected chi connectivity index (χ4v) is 4.79. The molecule has 2 N–H and O–H groups in total. The first kappa shape index (κ1) is 24.4. The highest BCUT2D eigenvalue weighted by atomic mass is 32.2. The topological polar surface area (TPSA) is 92.7 Å². The van der Waals surface area contributed by atoms with Gasteiger partial charge in [0.05, 0.1) is 17.8 Å². The minimum atomic E-state index is -4.02. The molecule has 0 radical (unpaired) electrons. The van der Waals surface area contributed by atoms with E-state index >= 15 is 0 Å². The number of carboxylic acids is 1. The van der Waals surface area contributed by atoms with Crippen LogP contribution in [0.4, 0.5) is 0 Å². The van der Waals surface area contributed by atoms with Gasteiger partial charge in [-0.05, 0) is 47.5 Å². The average Bonchev–Trinajstić information content (AvgIpc) is 2.84. The molecule has 1 atom stereocenters. The summed E-state index contributed by atoms with van der Waals surface area (Å²) in [4.78, 5) is 12.6. The lowest BCUT2D eigenvalue weighted by atomic mass is 10.1. The van der Waals surface area contributed by atoms with Gasteiger partial charge in [-0.3, -0.25) is 4.79 Å². The van der Waals surface area contributed by atoms with Gasteiger partial charge in [-0.2, -0.15) is 4.72 Å². The third kappa shape index (κ3) is 7.12. The van der Waals surface area contributed by atoms with Crippen molar-refractivity contribution in [2.24, 2.45) is 0 Å². The normalized spacial score (nSPS) is 11.8. The second kappa shape index (κ2) is 11.6. The number of carboxylic acid groups (broad SMARTS) is 1. The van der Waals surface area contributed by atoms with E-state index in [0.717, 1.165) is 21.8 Å². The standard InChI is InChI=1S/C25H23NO5S2/c1-31-21-14-10-19(11-15-21)20-12-16-23(17-13-20)33(29,30)26-24(25(27)28)9-5-6-18-32-22-7-3-2-4-8-22/h2-4,7-8,10-17,24,26H,9,18H2,1H3,(H,27,28). The number of nitrogens with one attached hydrogen (secondary N) is 1. The van der Waals surface area contributed by atoms with Gasteiger partial charge in [0.15, 0.2) is 0 Å². The van der Waals surface area contributed by atoms with E-state index < -0.39 is 22.0 Å². The van der Waals surface area contributed by atoms with Crippen LogP contribution in [0.3, 0.4) is 0 Å². The maximum absolute atomic E-state index is 12.7. The Bertz CT molecular complexity index is 1230. The van der Waals surface area contributed by atoms with Crippen molar-refractivity contribution >= 4 is 27.8 Å². The van der Waals surface area contributed by atoms with Crippen molar-refractivity contribution in [3.05, 3.63) is 78.9 Å². The lowest BCUT2D eigenvalue weighted by Crippen LogP contribution is -2.40. The molecule has 6 nitrogen and oxygen atoms in total. The molecular weight excluding hydrogens is 458 g/mol. The van der Waals surface area contributed by atoms with Crippen molar-refractivity contribution in [3.63, 3.8) is 0 Å². The summed E-state index contributed by atoms with van der Waals surface area (Å²) in [7, 11) is -2.44. The average molecular weight is 482 g/mol. The lowest BCUT2D eigenvalue weighted by molar-refractivity contribution is -0.138. The number of benzene rings is 3. The van der Waals surface area contributed by atoms with Gasteiger partial charge in [0.25, 0.3) is 0 Å². The molecule has 0 bridgehead atoms. The summed E-state index contributed by atoms with van der Waals surface area (Å²) >= 11 is 1.53. The number of methoxy groups -OCH3 is 1. The molecule has 0 aliphatic heterocycles. The second-order valence-corrected chi connectivity index (χ2v) is 9.69. The number of thioether (sulfide) groups is 1. The highest BCUT2D eigenvalue weighted by Crippen LogP contribution is 2.24. The molecule has 0 aliphatic carbocycles. The SMILES string of the molecule is COc1ccc(-c2ccc(S(=O)(=O)NC(CC#CCSc3ccccc3)C(=O)O)cc2)cc1. The number of hydrogen-bond donors (Lipinski definition) is 2. The summed E-state index contributed by atoms with van der Waals surface area (Å²) in [6.07, 6.45) is -0.131. The van der Waals surface area contributed by atoms with Crippen molar-refractivity contribution in [1.82, 2.24) is 4.72 Å². The van der Waals surface area contributed by atoms with Crippen LogP contribution >= 0.6 is 11.8 Å². The lowest BCUT2D eigenvalue weighted by Gasteiger charge is -2.13. The van der Waals surface area contributed by atoms with Crippen LogP contribution in [-0.4, -0.2) is 38.4 Å². The van der Waals surface area contributed by atoms with Crippen LogP contribution in [0.1, 0.15) is 6.42 Å². The first-order chi connectivity index (χ1) is 15.9. The molecule has 8 heteroatoms. The highest BCUT2D eigenvalue weighted by molar-refractivity contribution is 7.99. The summed E-state index contributed by atoms with van der Waals surface area (Å²) in [5.74, 6) is 5.58. The van der Waals surface area contributed by atoms with Crippen LogP contribution in [-0.2, 0) is 14.8 Å². The number of ether oxygens (including phenoxy) is 1. The smallest absolute Gasteiger partial charge is 0.322 e. The fraction of sp³-hybridized carbons (Fsp3) is 0.160. The number of hydrogen-bond acceptors (Lipinski definition) is 5. The Kier molecular flexibility index (Phi) is 8.55. The maximum atomic E-state index is 12.7. The van der Waals surface area contributed by atoms with Gasteiger partial charge in [-0.25, -0.2) is 8.42 Å². The molecule has 3 rings (SSSR count). The summed E-state index contributed by atoms with van der Waals surface area (Å²) in [6.45, 7) is 0. The van der Waals surface area contributed by atoms with E-state index in [2.05, 4.69) is 16.6 Å². The van der Waals surface area contributed by atoms with Crippen LogP contribution in [0.5, 0.6) is 5.75 Å². The number of rotatable bonds is 9. The second-order valence-electron chi connectivity index (χ2n) is 6.92. The van der Waals surface area contributed by atoms with E-state index in [0.29, 0.717) is 5.75 Å². The Morgan fingerprint density at radius 3 is 2.15 bits per heavy atom. The molecule has 33 heavy (non-hydrogen) atoms. The van der Waals surface area contributed by atoms with Crippen LogP contribution in [0.15, 0.2) is 88.7 Å². The Morgan fingerprint density at radius 1 is 0.970 bits per heavy atom. The van der Waals surface area contributed by atoms with E-state index in [4.69, 9.17) is 4.74 Å². The predicted molar refractivity (Wildman–Crippen MR) is 130 cm³/mol. The van der Waals surface area contributed by atoms with Gasteiger partial charge in [0, 0.05) is 11.3 Å². The Hall–Kier alpha value is -3.25. The van der Waals surface area contributed by atoms with Crippen LogP contribution in [0.25, 0.3) is 11.1 Å². The van der Waals surface area contributed by atoms with Gasteiger partial charge >= 0.3 is 5.97 Å². The zero-order valence-corrected chi connectivity index (χ0v) is 19.5. The molecular formula is C25H23NO5S2. The van der Waals surface area contributed by atoms with Crippen molar-refractivity contribution in [3.8, 4) is 28.7 Å². The zero-order valence-electron chi connectivity index (χ0n) is 17.9.